The fraction of sp³-hybridized carbons (Fsp3) is 0.107. The second-order valence-corrected chi connectivity index (χ2v) is 9.95. The molecule has 4 rings (SSSR count). The van der Waals surface area contributed by atoms with Crippen LogP contribution in [0.3, 0.4) is 0 Å². The highest BCUT2D eigenvalue weighted by molar-refractivity contribution is 7.89. The Balaban J connectivity index is 1.51. The number of aryl methyl sites for hydroxylation is 1. The monoisotopic (exact) mass is 519 g/mol. The Kier molecular flexibility index (Phi) is 8.17. The fourth-order valence-corrected chi connectivity index (χ4v) is 4.53. The Bertz CT molecular complexity index is 1450. The van der Waals surface area contributed by atoms with Crippen molar-refractivity contribution in [2.75, 3.05) is 23.3 Å². The van der Waals surface area contributed by atoms with Gasteiger partial charge in [-0.3, -0.25) is 4.90 Å². The number of para-hydroxylation sites is 2. The molecule has 37 heavy (non-hydrogen) atoms. The standard InChI is InChI=1S/C28H26FN3O4S/c1-21-11-17-25(18-12-21)37(34,35)30-19-20-32(28(33)31-27-10-6-5-9-26(27)29)22-13-15-24(16-14-22)36-23-7-3-2-4-8-23/h2-18,30H,19-20H2,1H3,(H,31,33). The van der Waals surface area contributed by atoms with Crippen molar-refractivity contribution in [3.63, 3.8) is 0 Å². The maximum Gasteiger partial charge on any atom is 0.326 e. The lowest BCUT2D eigenvalue weighted by atomic mass is 10.2. The van der Waals surface area contributed by atoms with Crippen molar-refractivity contribution in [3.05, 3.63) is 115 Å². The Labute approximate surface area is 215 Å². The van der Waals surface area contributed by atoms with Gasteiger partial charge in [0, 0.05) is 18.8 Å². The number of hydrogen-bond acceptors (Lipinski definition) is 4. The number of hydrogen-bond donors (Lipinski definition) is 2. The summed E-state index contributed by atoms with van der Waals surface area (Å²) >= 11 is 0. The Morgan fingerprint density at radius 1 is 0.838 bits per heavy atom. The third kappa shape index (κ3) is 6.93. The van der Waals surface area contributed by atoms with E-state index in [1.54, 1.807) is 42.5 Å². The first-order valence-electron chi connectivity index (χ1n) is 11.5. The summed E-state index contributed by atoms with van der Waals surface area (Å²) < 4.78 is 47.9. The number of anilines is 2. The Hall–Kier alpha value is -4.21. The van der Waals surface area contributed by atoms with Gasteiger partial charge in [0.1, 0.15) is 17.3 Å². The molecule has 0 spiro atoms. The van der Waals surface area contributed by atoms with Crippen LogP contribution in [0.4, 0.5) is 20.6 Å². The molecule has 2 amide bonds. The van der Waals surface area contributed by atoms with Crippen LogP contribution in [0.15, 0.2) is 108 Å². The molecule has 7 nitrogen and oxygen atoms in total. The van der Waals surface area contributed by atoms with Gasteiger partial charge >= 0.3 is 6.03 Å². The fourth-order valence-electron chi connectivity index (χ4n) is 3.50. The minimum atomic E-state index is -3.78. The lowest BCUT2D eigenvalue weighted by Crippen LogP contribution is -2.41. The van der Waals surface area contributed by atoms with E-state index in [0.717, 1.165) is 5.56 Å². The molecule has 4 aromatic rings. The van der Waals surface area contributed by atoms with Crippen molar-refractivity contribution in [1.82, 2.24) is 4.72 Å². The maximum atomic E-state index is 14.2. The van der Waals surface area contributed by atoms with E-state index in [9.17, 15) is 17.6 Å². The largest absolute Gasteiger partial charge is 0.457 e. The number of rotatable bonds is 9. The predicted octanol–water partition coefficient (Wildman–Crippen LogP) is 5.94. The molecule has 0 radical (unpaired) electrons. The molecular weight excluding hydrogens is 493 g/mol. The maximum absolute atomic E-state index is 14.2. The number of carbonyl (C=O) groups is 1. The Morgan fingerprint density at radius 2 is 1.46 bits per heavy atom. The van der Waals surface area contributed by atoms with Crippen LogP contribution in [-0.2, 0) is 10.0 Å². The van der Waals surface area contributed by atoms with E-state index in [0.29, 0.717) is 17.2 Å². The van der Waals surface area contributed by atoms with Gasteiger partial charge in [0.25, 0.3) is 0 Å². The van der Waals surface area contributed by atoms with E-state index in [4.69, 9.17) is 4.74 Å². The summed E-state index contributed by atoms with van der Waals surface area (Å²) in [6.45, 7) is 1.79. The van der Waals surface area contributed by atoms with E-state index in [1.807, 2.05) is 37.3 Å². The molecule has 0 heterocycles. The van der Waals surface area contributed by atoms with E-state index < -0.39 is 21.9 Å². The van der Waals surface area contributed by atoms with Crippen LogP contribution in [0.5, 0.6) is 11.5 Å². The second-order valence-electron chi connectivity index (χ2n) is 8.18. The summed E-state index contributed by atoms with van der Waals surface area (Å²) in [6.07, 6.45) is 0. The number of nitrogens with one attached hydrogen (secondary N) is 2. The molecule has 0 unspecified atom stereocenters. The molecule has 0 aliphatic rings. The van der Waals surface area contributed by atoms with E-state index >= 15 is 0 Å². The van der Waals surface area contributed by atoms with Crippen molar-refractivity contribution < 1.29 is 22.3 Å². The van der Waals surface area contributed by atoms with Gasteiger partial charge in [0.05, 0.1) is 10.6 Å². The number of nitrogens with zero attached hydrogens (tertiary/aromatic N) is 1. The molecule has 0 aliphatic heterocycles. The lowest BCUT2D eigenvalue weighted by molar-refractivity contribution is 0.257. The van der Waals surface area contributed by atoms with Crippen LogP contribution < -0.4 is 19.7 Å². The molecule has 0 bridgehead atoms. The van der Waals surface area contributed by atoms with Gasteiger partial charge in [-0.2, -0.15) is 0 Å². The molecular formula is C28H26FN3O4S. The summed E-state index contributed by atoms with van der Waals surface area (Å²) in [6, 6.07) is 27.6. The molecule has 0 atom stereocenters. The molecule has 4 aromatic carbocycles. The summed E-state index contributed by atoms with van der Waals surface area (Å²) in [7, 11) is -3.78. The first-order chi connectivity index (χ1) is 17.8. The average molecular weight is 520 g/mol. The summed E-state index contributed by atoms with van der Waals surface area (Å²) in [5, 5.41) is 2.55. The van der Waals surface area contributed by atoms with Crippen molar-refractivity contribution >= 4 is 27.4 Å². The van der Waals surface area contributed by atoms with Gasteiger partial charge in [-0.15, -0.1) is 0 Å². The molecule has 0 saturated heterocycles. The first kappa shape index (κ1) is 25.9. The topological polar surface area (TPSA) is 87.7 Å². The molecule has 190 valence electrons. The third-order valence-corrected chi connectivity index (χ3v) is 6.92. The summed E-state index contributed by atoms with van der Waals surface area (Å²) in [4.78, 5) is 14.6. The van der Waals surface area contributed by atoms with Gasteiger partial charge in [-0.05, 0) is 67.6 Å². The summed E-state index contributed by atoms with van der Waals surface area (Å²) in [5.74, 6) is 0.641. The van der Waals surface area contributed by atoms with E-state index in [2.05, 4.69) is 10.0 Å². The highest BCUT2D eigenvalue weighted by Crippen LogP contribution is 2.25. The number of sulfonamides is 1. The average Bonchev–Trinajstić information content (AvgIpc) is 2.89. The minimum absolute atomic E-state index is 0.00966. The zero-order valence-electron chi connectivity index (χ0n) is 20.1. The molecule has 0 aromatic heterocycles. The van der Waals surface area contributed by atoms with Crippen LogP contribution in [0.25, 0.3) is 0 Å². The van der Waals surface area contributed by atoms with E-state index in [1.165, 1.54) is 35.2 Å². The normalized spacial score (nSPS) is 11.1. The van der Waals surface area contributed by atoms with Gasteiger partial charge in [-0.25, -0.2) is 22.3 Å². The molecule has 0 saturated carbocycles. The third-order valence-electron chi connectivity index (χ3n) is 5.45. The predicted molar refractivity (Wildman–Crippen MR) is 142 cm³/mol. The lowest BCUT2D eigenvalue weighted by Gasteiger charge is -2.24. The highest BCUT2D eigenvalue weighted by atomic mass is 32.2. The van der Waals surface area contributed by atoms with Crippen molar-refractivity contribution in [2.24, 2.45) is 0 Å². The van der Waals surface area contributed by atoms with Crippen LogP contribution >= 0.6 is 0 Å². The van der Waals surface area contributed by atoms with Gasteiger partial charge < -0.3 is 10.1 Å². The van der Waals surface area contributed by atoms with Gasteiger partial charge in [0.15, 0.2) is 0 Å². The van der Waals surface area contributed by atoms with E-state index in [-0.39, 0.29) is 23.7 Å². The van der Waals surface area contributed by atoms with Gasteiger partial charge in [0.2, 0.25) is 10.0 Å². The number of carbonyl (C=O) groups excluding carboxylic acids is 1. The number of amides is 2. The minimum Gasteiger partial charge on any atom is -0.457 e. The molecule has 0 aliphatic carbocycles. The van der Waals surface area contributed by atoms with Gasteiger partial charge in [-0.1, -0.05) is 48.0 Å². The quantitative estimate of drug-likeness (QED) is 0.286. The molecule has 0 fully saturated rings. The number of halogens is 1. The number of ether oxygens (including phenoxy) is 1. The zero-order chi connectivity index (χ0) is 26.3. The van der Waals surface area contributed by atoms with Crippen LogP contribution in [0.1, 0.15) is 5.56 Å². The molecule has 9 heteroatoms. The Morgan fingerprint density at radius 3 is 2.14 bits per heavy atom. The van der Waals surface area contributed by atoms with Crippen molar-refractivity contribution in [3.8, 4) is 11.5 Å². The highest BCUT2D eigenvalue weighted by Gasteiger charge is 2.20. The van der Waals surface area contributed by atoms with Crippen LogP contribution in [0, 0.1) is 12.7 Å². The molecule has 2 N–H and O–H groups in total. The SMILES string of the molecule is Cc1ccc(S(=O)(=O)NCCN(C(=O)Nc2ccccc2F)c2ccc(Oc3ccccc3)cc2)cc1. The smallest absolute Gasteiger partial charge is 0.326 e. The summed E-state index contributed by atoms with van der Waals surface area (Å²) in [5.41, 5.74) is 1.43. The van der Waals surface area contributed by atoms with Crippen LogP contribution in [0.2, 0.25) is 0 Å². The zero-order valence-corrected chi connectivity index (χ0v) is 20.9. The number of urea groups is 1. The number of benzene rings is 4. The van der Waals surface area contributed by atoms with Crippen LogP contribution in [-0.4, -0.2) is 27.5 Å². The first-order valence-corrected chi connectivity index (χ1v) is 13.0. The van der Waals surface area contributed by atoms with Crippen molar-refractivity contribution in [2.45, 2.75) is 11.8 Å². The second kappa shape index (κ2) is 11.7. The van der Waals surface area contributed by atoms with Crippen molar-refractivity contribution in [1.29, 1.82) is 0 Å².